The molecule has 1 atom stereocenters. The molecule has 2 aliphatic heterocycles. The van der Waals surface area contributed by atoms with Crippen molar-refractivity contribution in [1.29, 1.82) is 0 Å². The first-order valence-electron chi connectivity index (χ1n) is 2.57. The van der Waals surface area contributed by atoms with E-state index in [9.17, 15) is 0 Å². The number of hydrogen-bond acceptors (Lipinski definition) is 2. The second-order valence-corrected chi connectivity index (χ2v) is 7.44. The van der Waals surface area contributed by atoms with Gasteiger partial charge < -0.3 is 0 Å². The Bertz CT molecular complexity index is 91.7. The summed E-state index contributed by atoms with van der Waals surface area (Å²) in [6.07, 6.45) is 0. The van der Waals surface area contributed by atoms with Gasteiger partial charge in [-0.3, -0.25) is 0 Å². The van der Waals surface area contributed by atoms with Crippen LogP contribution in [0.5, 0.6) is 0 Å². The molecule has 2 rings (SSSR count). The zero-order chi connectivity index (χ0) is 4.85. The van der Waals surface area contributed by atoms with E-state index in [0.29, 0.717) is 0 Å². The molecule has 2 nitrogen and oxygen atoms in total. The molecule has 2 saturated heterocycles. The fourth-order valence-electron chi connectivity index (χ4n) is 0.626. The Balaban J connectivity index is 1.88. The number of nitrogens with one attached hydrogen (secondary N) is 1. The monoisotopic (exact) mass is 212 g/mol. The van der Waals surface area contributed by atoms with Crippen molar-refractivity contribution in [1.82, 2.24) is 6.64 Å². The Morgan fingerprint density at radius 2 is 2.29 bits per heavy atom. The fraction of sp³-hybridized carbons (Fsp3) is 1.00. The van der Waals surface area contributed by atoms with Gasteiger partial charge in [0.15, 0.2) is 0 Å². The van der Waals surface area contributed by atoms with Crippen LogP contribution in [0, 0.1) is 0 Å². The van der Waals surface area contributed by atoms with Gasteiger partial charge in [0.05, 0.1) is 0 Å². The maximum atomic E-state index is 3.48. The topological polar surface area (TPSA) is 25.0 Å². The third-order valence-corrected chi connectivity index (χ3v) is 6.59. The van der Waals surface area contributed by atoms with Crippen LogP contribution in [0.4, 0.5) is 0 Å². The van der Waals surface area contributed by atoms with Crippen LogP contribution in [0.1, 0.15) is 6.92 Å². The predicted molar refractivity (Wildman–Crippen MR) is 38.2 cm³/mol. The van der Waals surface area contributed by atoms with Crippen molar-refractivity contribution in [2.24, 2.45) is 0 Å². The average molecular weight is 212 g/mol. The van der Waals surface area contributed by atoms with Crippen LogP contribution in [-0.2, 0) is 0 Å². The Kier molecular flexibility index (Phi) is 0.857. The van der Waals surface area contributed by atoms with Gasteiger partial charge in [-0.15, -0.1) is 0 Å². The molecule has 2 fully saturated rings. The van der Waals surface area contributed by atoms with Crippen molar-refractivity contribution in [3.8, 4) is 0 Å². The minimum absolute atomic E-state index is 0.542. The average Bonchev–Trinajstić information content (AvgIpc) is 2.23. The Morgan fingerprint density at radius 3 is 2.43 bits per heavy atom. The normalized spacial score (nSPS) is 44.1. The zero-order valence-electron chi connectivity index (χ0n) is 4.32. The summed E-state index contributed by atoms with van der Waals surface area (Å²) in [6, 6.07) is 0. The summed E-state index contributed by atoms with van der Waals surface area (Å²) in [5.74, 6) is 0. The molecule has 2 heterocycles. The summed E-state index contributed by atoms with van der Waals surface area (Å²) >= 11 is -0.542. The third kappa shape index (κ3) is 0.772. The van der Waals surface area contributed by atoms with Crippen molar-refractivity contribution in [2.45, 2.75) is 11.0 Å². The molecule has 0 aliphatic carbocycles. The molecule has 0 aromatic heterocycles. The molecule has 1 unspecified atom stereocenters. The van der Waals surface area contributed by atoms with Gasteiger partial charge in [0.1, 0.15) is 0 Å². The van der Waals surface area contributed by atoms with Gasteiger partial charge in [0.2, 0.25) is 0 Å². The second kappa shape index (κ2) is 1.33. The standard InChI is InChI=1S/C4H9IN2/c1-4-5(6-4)7-2-3-7/h4,6H,2-3H2,1H3. The van der Waals surface area contributed by atoms with Gasteiger partial charge >= 0.3 is 51.1 Å². The van der Waals surface area contributed by atoms with Crippen molar-refractivity contribution >= 4 is 20.4 Å². The molecule has 0 saturated carbocycles. The number of nitrogens with zero attached hydrogens (tertiary/aromatic N) is 1. The molecule has 1 N–H and O–H groups in total. The van der Waals surface area contributed by atoms with E-state index in [1.807, 2.05) is 0 Å². The van der Waals surface area contributed by atoms with Gasteiger partial charge in [-0.05, 0) is 0 Å². The van der Waals surface area contributed by atoms with Crippen LogP contribution in [-0.4, -0.2) is 20.3 Å². The van der Waals surface area contributed by atoms with E-state index < -0.39 is 20.4 Å². The molecule has 0 radical (unpaired) electrons. The van der Waals surface area contributed by atoms with Crippen molar-refractivity contribution in [3.63, 3.8) is 0 Å². The van der Waals surface area contributed by atoms with Gasteiger partial charge in [-0.2, -0.15) is 0 Å². The molecule has 0 bridgehead atoms. The summed E-state index contributed by atoms with van der Waals surface area (Å²) in [4.78, 5) is 0. The van der Waals surface area contributed by atoms with Gasteiger partial charge in [0, 0.05) is 0 Å². The quantitative estimate of drug-likeness (QED) is 0.226. The summed E-state index contributed by atoms with van der Waals surface area (Å²) < 4.78 is 7.00. The van der Waals surface area contributed by atoms with Crippen molar-refractivity contribution in [3.05, 3.63) is 0 Å². The van der Waals surface area contributed by atoms with E-state index in [4.69, 9.17) is 0 Å². The number of rotatable bonds is 1. The first-order chi connectivity index (χ1) is 3.38. The summed E-state index contributed by atoms with van der Waals surface area (Å²) in [7, 11) is 0. The summed E-state index contributed by atoms with van der Waals surface area (Å²) in [5.41, 5.74) is 0. The van der Waals surface area contributed by atoms with Crippen molar-refractivity contribution in [2.75, 3.05) is 13.1 Å². The van der Waals surface area contributed by atoms with E-state index >= 15 is 0 Å². The third-order valence-electron chi connectivity index (χ3n) is 1.17. The zero-order valence-corrected chi connectivity index (χ0v) is 6.47. The summed E-state index contributed by atoms with van der Waals surface area (Å²) in [6.45, 7) is 5.08. The fourth-order valence-corrected chi connectivity index (χ4v) is 4.91. The molecule has 0 amide bonds. The van der Waals surface area contributed by atoms with Crippen LogP contribution >= 0.6 is 20.4 Å². The van der Waals surface area contributed by atoms with E-state index in [2.05, 4.69) is 13.6 Å². The van der Waals surface area contributed by atoms with Crippen LogP contribution in [0.2, 0.25) is 0 Å². The number of halogens is 1. The second-order valence-electron chi connectivity index (χ2n) is 1.93. The SMILES string of the molecule is CC1NI1N1CC1. The molecule has 0 aromatic rings. The Hall–Kier alpha value is 0.650. The van der Waals surface area contributed by atoms with E-state index in [1.54, 1.807) is 0 Å². The molecular weight excluding hydrogens is 203 g/mol. The van der Waals surface area contributed by atoms with Crippen LogP contribution in [0.15, 0.2) is 0 Å². The first-order valence-corrected chi connectivity index (χ1v) is 5.86. The minimum atomic E-state index is -0.542. The van der Waals surface area contributed by atoms with Crippen LogP contribution in [0.25, 0.3) is 0 Å². The summed E-state index contributed by atoms with van der Waals surface area (Å²) in [5, 5.41) is 0. The van der Waals surface area contributed by atoms with Crippen LogP contribution < -0.4 is 3.53 Å². The predicted octanol–water partition coefficient (Wildman–Crippen LogP) is 0.588. The molecule has 3 heteroatoms. The van der Waals surface area contributed by atoms with E-state index in [-0.39, 0.29) is 0 Å². The van der Waals surface area contributed by atoms with Crippen LogP contribution in [0.3, 0.4) is 0 Å². The molecule has 42 valence electrons. The van der Waals surface area contributed by atoms with Gasteiger partial charge in [-0.1, -0.05) is 0 Å². The van der Waals surface area contributed by atoms with Gasteiger partial charge in [-0.25, -0.2) is 0 Å². The number of alkyl halides is 1. The van der Waals surface area contributed by atoms with Crippen molar-refractivity contribution < 1.29 is 0 Å². The van der Waals surface area contributed by atoms with E-state index in [1.165, 1.54) is 13.1 Å². The molecule has 0 spiro atoms. The Labute approximate surface area is 51.4 Å². The van der Waals surface area contributed by atoms with E-state index in [0.717, 1.165) is 4.05 Å². The Morgan fingerprint density at radius 1 is 1.71 bits per heavy atom. The first kappa shape index (κ1) is 4.52. The molecule has 0 aromatic carbocycles. The molecule has 2 aliphatic rings. The maximum absolute atomic E-state index is 3.48. The molecular formula is C4H9IN2. The molecule has 7 heavy (non-hydrogen) atoms. The number of hydrogen-bond donors (Lipinski definition) is 1. The van der Waals surface area contributed by atoms with Gasteiger partial charge in [0.25, 0.3) is 0 Å².